The summed E-state index contributed by atoms with van der Waals surface area (Å²) >= 11 is 0. The van der Waals surface area contributed by atoms with Gasteiger partial charge in [-0.05, 0) is 49.0 Å². The average molecular weight is 637 g/mol. The molecule has 3 nitrogen and oxygen atoms in total. The largest absolute Gasteiger partial charge is 0.500 e. The zero-order valence-electron chi connectivity index (χ0n) is 19.2. The first-order valence-electron chi connectivity index (χ1n) is 10.9. The SMILES string of the molecule is Cc1ccc(-c2[c-]cccc2)nc1.Cc1ccnc(-c2[c-]ccc3c2oc2cc(F)ccc23)c1.[Ir]. The van der Waals surface area contributed by atoms with Gasteiger partial charge < -0.3 is 14.4 Å². The van der Waals surface area contributed by atoms with Crippen molar-refractivity contribution in [3.63, 3.8) is 0 Å². The molecule has 3 heterocycles. The van der Waals surface area contributed by atoms with Crippen LogP contribution in [0.25, 0.3) is 44.5 Å². The van der Waals surface area contributed by atoms with Crippen LogP contribution in [-0.4, -0.2) is 9.97 Å². The Bertz CT molecular complexity index is 1580. The second kappa shape index (κ2) is 10.7. The molecule has 0 fully saturated rings. The van der Waals surface area contributed by atoms with Crippen LogP contribution in [0.1, 0.15) is 11.1 Å². The van der Waals surface area contributed by atoms with Gasteiger partial charge in [-0.1, -0.05) is 34.7 Å². The van der Waals surface area contributed by atoms with E-state index in [1.165, 1.54) is 17.7 Å². The molecule has 3 aromatic carbocycles. The van der Waals surface area contributed by atoms with Crippen molar-refractivity contribution in [3.8, 4) is 22.5 Å². The molecule has 35 heavy (non-hydrogen) atoms. The van der Waals surface area contributed by atoms with Crippen molar-refractivity contribution in [1.82, 2.24) is 9.97 Å². The Balaban J connectivity index is 0.000000179. The fourth-order valence-corrected chi connectivity index (χ4v) is 3.76. The number of furan rings is 1. The Morgan fingerprint density at radius 1 is 0.771 bits per heavy atom. The fraction of sp³-hybridized carbons (Fsp3) is 0.0667. The van der Waals surface area contributed by atoms with E-state index in [4.69, 9.17) is 4.42 Å². The number of aromatic nitrogens is 2. The van der Waals surface area contributed by atoms with E-state index in [1.54, 1.807) is 12.3 Å². The first-order valence-corrected chi connectivity index (χ1v) is 10.9. The third-order valence-electron chi connectivity index (χ3n) is 5.46. The van der Waals surface area contributed by atoms with Crippen LogP contribution < -0.4 is 0 Å². The maximum absolute atomic E-state index is 13.4. The Labute approximate surface area is 217 Å². The van der Waals surface area contributed by atoms with E-state index >= 15 is 0 Å². The Morgan fingerprint density at radius 2 is 1.66 bits per heavy atom. The molecule has 0 aliphatic carbocycles. The molecule has 0 amide bonds. The molecule has 1 radical (unpaired) electrons. The summed E-state index contributed by atoms with van der Waals surface area (Å²) in [6.45, 7) is 4.05. The normalized spacial score (nSPS) is 10.5. The van der Waals surface area contributed by atoms with Crippen LogP contribution >= 0.6 is 0 Å². The number of pyridine rings is 2. The van der Waals surface area contributed by atoms with Gasteiger partial charge in [-0.25, -0.2) is 4.39 Å². The first kappa shape index (κ1) is 24.5. The summed E-state index contributed by atoms with van der Waals surface area (Å²) in [4.78, 5) is 8.70. The van der Waals surface area contributed by atoms with Gasteiger partial charge in [-0.2, -0.15) is 0 Å². The van der Waals surface area contributed by atoms with Crippen LogP contribution in [0.2, 0.25) is 0 Å². The minimum Gasteiger partial charge on any atom is -0.500 e. The van der Waals surface area contributed by atoms with Gasteiger partial charge in [0.25, 0.3) is 0 Å². The molecule has 5 heteroatoms. The van der Waals surface area contributed by atoms with Crippen LogP contribution in [0, 0.1) is 31.8 Å². The fourth-order valence-electron chi connectivity index (χ4n) is 3.76. The minimum atomic E-state index is -0.305. The first-order chi connectivity index (χ1) is 16.6. The van der Waals surface area contributed by atoms with E-state index in [1.807, 2.05) is 74.6 Å². The number of rotatable bonds is 2. The quantitative estimate of drug-likeness (QED) is 0.183. The summed E-state index contributed by atoms with van der Waals surface area (Å²) in [7, 11) is 0. The standard InChI is InChI=1S/C18H11FNO.C12H10N.Ir/c1-11-7-8-20-16(9-11)15-4-2-3-14-13-6-5-12(19)10-17(13)21-18(14)15;1-10-7-8-12(13-9-10)11-5-3-2-4-6-11;/h2-3,5-10H,1H3;2-5,7-9H,1H3;/q2*-1;. The number of nitrogens with zero attached hydrogens (tertiary/aromatic N) is 2. The average Bonchev–Trinajstić information content (AvgIpc) is 3.23. The zero-order valence-corrected chi connectivity index (χ0v) is 21.6. The Morgan fingerprint density at radius 3 is 2.40 bits per heavy atom. The predicted octanol–water partition coefficient (Wildman–Crippen LogP) is 7.75. The van der Waals surface area contributed by atoms with E-state index in [0.29, 0.717) is 11.2 Å². The second-order valence-electron chi connectivity index (χ2n) is 8.05. The molecule has 175 valence electrons. The monoisotopic (exact) mass is 637 g/mol. The topological polar surface area (TPSA) is 38.9 Å². The van der Waals surface area contributed by atoms with Crippen molar-refractivity contribution in [1.29, 1.82) is 0 Å². The van der Waals surface area contributed by atoms with Crippen molar-refractivity contribution >= 4 is 21.9 Å². The maximum Gasteiger partial charge on any atom is 0.126 e. The molecule has 0 aliphatic heterocycles. The molecule has 0 aliphatic rings. The number of benzene rings is 3. The summed E-state index contributed by atoms with van der Waals surface area (Å²) in [6.07, 6.45) is 3.63. The van der Waals surface area contributed by atoms with Gasteiger partial charge in [0.05, 0.1) is 5.58 Å². The van der Waals surface area contributed by atoms with Gasteiger partial charge in [0, 0.05) is 44.0 Å². The molecule has 3 aromatic heterocycles. The smallest absolute Gasteiger partial charge is 0.126 e. The van der Waals surface area contributed by atoms with E-state index in [0.717, 1.165) is 38.9 Å². The van der Waals surface area contributed by atoms with Crippen LogP contribution in [-0.2, 0) is 20.1 Å². The predicted molar refractivity (Wildman–Crippen MR) is 134 cm³/mol. The van der Waals surface area contributed by atoms with E-state index < -0.39 is 0 Å². The van der Waals surface area contributed by atoms with Crippen molar-refractivity contribution < 1.29 is 28.9 Å². The molecular weight excluding hydrogens is 616 g/mol. The van der Waals surface area contributed by atoms with Gasteiger partial charge in [0.1, 0.15) is 11.4 Å². The Kier molecular flexibility index (Phi) is 7.50. The van der Waals surface area contributed by atoms with Crippen molar-refractivity contribution in [2.45, 2.75) is 13.8 Å². The van der Waals surface area contributed by atoms with Gasteiger partial charge >= 0.3 is 0 Å². The van der Waals surface area contributed by atoms with Crippen LogP contribution in [0.4, 0.5) is 4.39 Å². The molecular formula is C30H21FIrN2O-2. The van der Waals surface area contributed by atoms with E-state index in [2.05, 4.69) is 28.2 Å². The summed E-state index contributed by atoms with van der Waals surface area (Å²) in [6, 6.07) is 30.5. The van der Waals surface area contributed by atoms with Crippen molar-refractivity contribution in [2.24, 2.45) is 0 Å². The minimum absolute atomic E-state index is 0. The van der Waals surface area contributed by atoms with Crippen molar-refractivity contribution in [2.75, 3.05) is 0 Å². The number of halogens is 1. The summed E-state index contributed by atoms with van der Waals surface area (Å²) in [5, 5.41) is 1.84. The molecule has 6 rings (SSSR count). The molecule has 0 saturated heterocycles. The van der Waals surface area contributed by atoms with E-state index in [-0.39, 0.29) is 25.9 Å². The third-order valence-corrected chi connectivity index (χ3v) is 5.46. The van der Waals surface area contributed by atoms with Crippen LogP contribution in [0.15, 0.2) is 95.7 Å². The van der Waals surface area contributed by atoms with Gasteiger partial charge in [-0.3, -0.25) is 0 Å². The summed E-state index contributed by atoms with van der Waals surface area (Å²) in [5.74, 6) is -0.305. The van der Waals surface area contributed by atoms with Gasteiger partial charge in [0.15, 0.2) is 0 Å². The maximum atomic E-state index is 13.4. The molecule has 0 bridgehead atoms. The Hall–Kier alpha value is -3.66. The van der Waals surface area contributed by atoms with Crippen LogP contribution in [0.5, 0.6) is 0 Å². The number of hydrogen-bond donors (Lipinski definition) is 0. The molecule has 6 aromatic rings. The summed E-state index contributed by atoms with van der Waals surface area (Å²) < 4.78 is 19.2. The van der Waals surface area contributed by atoms with Gasteiger partial charge in [-0.15, -0.1) is 54.1 Å². The molecule has 0 spiro atoms. The van der Waals surface area contributed by atoms with E-state index in [9.17, 15) is 4.39 Å². The third kappa shape index (κ3) is 5.37. The molecule has 0 atom stereocenters. The summed E-state index contributed by atoms with van der Waals surface area (Å²) in [5.41, 5.74) is 7.16. The number of fused-ring (bicyclic) bond motifs is 3. The molecule has 0 saturated carbocycles. The van der Waals surface area contributed by atoms with Crippen LogP contribution in [0.3, 0.4) is 0 Å². The zero-order chi connectivity index (χ0) is 23.5. The molecule has 0 unspecified atom stereocenters. The van der Waals surface area contributed by atoms with Gasteiger partial charge in [0.2, 0.25) is 0 Å². The molecule has 0 N–H and O–H groups in total. The number of aryl methyl sites for hydroxylation is 2. The second-order valence-corrected chi connectivity index (χ2v) is 8.05. The number of hydrogen-bond acceptors (Lipinski definition) is 3. The van der Waals surface area contributed by atoms with Crippen molar-refractivity contribution in [3.05, 3.63) is 120 Å².